The fourth-order valence-electron chi connectivity index (χ4n) is 7.46. The number of carbonyl (C=O) groups excluding carboxylic acids is 3. The third-order valence-electron chi connectivity index (χ3n) is 10.3. The maximum Gasteiger partial charge on any atom is 0.247 e. The molecule has 4 aromatic rings. The van der Waals surface area contributed by atoms with Crippen molar-refractivity contribution in [3.05, 3.63) is 131 Å². The first-order chi connectivity index (χ1) is 24.8. The van der Waals surface area contributed by atoms with Gasteiger partial charge in [0.2, 0.25) is 11.8 Å². The molecule has 7 rings (SSSR count). The summed E-state index contributed by atoms with van der Waals surface area (Å²) in [5, 5.41) is 15.6. The molecule has 0 aromatic heterocycles. The van der Waals surface area contributed by atoms with Crippen LogP contribution in [0.3, 0.4) is 0 Å². The molecule has 0 radical (unpaired) electrons. The van der Waals surface area contributed by atoms with E-state index in [4.69, 9.17) is 9.47 Å². The first-order valence-corrected chi connectivity index (χ1v) is 17.6. The summed E-state index contributed by atoms with van der Waals surface area (Å²) in [6, 6.07) is 32.6. The average molecular weight is 689 g/mol. The highest BCUT2D eigenvalue weighted by Crippen LogP contribution is 2.40. The number of nitrogens with zero attached hydrogens (tertiary/aromatic N) is 2. The third-order valence-corrected chi connectivity index (χ3v) is 10.3. The molecule has 10 heteroatoms. The minimum Gasteiger partial charge on any atom is -0.392 e. The second-order valence-corrected chi connectivity index (χ2v) is 13.7. The molecule has 3 aliphatic rings. The van der Waals surface area contributed by atoms with Crippen molar-refractivity contribution < 1.29 is 29.0 Å². The van der Waals surface area contributed by atoms with Crippen molar-refractivity contribution in [1.82, 2.24) is 10.2 Å². The van der Waals surface area contributed by atoms with E-state index >= 15 is 0 Å². The summed E-state index contributed by atoms with van der Waals surface area (Å²) in [7, 11) is 0. The Labute approximate surface area is 298 Å². The van der Waals surface area contributed by atoms with Crippen LogP contribution in [0.4, 0.5) is 11.4 Å². The normalized spacial score (nSPS) is 21.7. The van der Waals surface area contributed by atoms with Gasteiger partial charge in [-0.25, -0.2) is 0 Å². The van der Waals surface area contributed by atoms with Crippen molar-refractivity contribution in [3.63, 3.8) is 0 Å². The molecular formula is C41H44N4O6. The van der Waals surface area contributed by atoms with E-state index in [1.165, 1.54) is 6.92 Å². The van der Waals surface area contributed by atoms with E-state index < -0.39 is 11.8 Å². The molecule has 51 heavy (non-hydrogen) atoms. The number of hydrogen-bond donors (Lipinski definition) is 3. The predicted octanol–water partition coefficient (Wildman–Crippen LogP) is 5.54. The number of benzene rings is 4. The lowest BCUT2D eigenvalue weighted by Crippen LogP contribution is -2.57. The Balaban J connectivity index is 1.02. The summed E-state index contributed by atoms with van der Waals surface area (Å²) in [4.78, 5) is 42.4. The largest absolute Gasteiger partial charge is 0.392 e. The number of aliphatic hydroxyl groups is 1. The Morgan fingerprint density at radius 2 is 1.59 bits per heavy atom. The molecule has 4 aromatic carbocycles. The van der Waals surface area contributed by atoms with Gasteiger partial charge < -0.3 is 35.0 Å². The number of anilines is 2. The van der Waals surface area contributed by atoms with Crippen LogP contribution in [0.15, 0.2) is 103 Å². The maximum absolute atomic E-state index is 13.2. The highest BCUT2D eigenvalue weighted by Gasteiger charge is 2.50. The lowest BCUT2D eigenvalue weighted by atomic mass is 9.85. The van der Waals surface area contributed by atoms with Gasteiger partial charge in [0.15, 0.2) is 12.1 Å². The lowest BCUT2D eigenvalue weighted by Gasteiger charge is -2.45. The second-order valence-electron chi connectivity index (χ2n) is 13.7. The summed E-state index contributed by atoms with van der Waals surface area (Å²) in [5.41, 5.74) is 5.19. The molecule has 3 aliphatic heterocycles. The fraction of sp³-hybridized carbons (Fsp3) is 0.341. The van der Waals surface area contributed by atoms with E-state index in [1.807, 2.05) is 66.7 Å². The number of nitrogens with one attached hydrogen (secondary N) is 2. The van der Waals surface area contributed by atoms with Crippen molar-refractivity contribution in [2.45, 2.75) is 63.3 Å². The Bertz CT molecular complexity index is 1840. The number of hydrogen-bond acceptors (Lipinski definition) is 8. The van der Waals surface area contributed by atoms with Crippen LogP contribution in [0.1, 0.15) is 71.2 Å². The molecule has 264 valence electrons. The quantitative estimate of drug-likeness (QED) is 0.186. The van der Waals surface area contributed by atoms with E-state index in [-0.39, 0.29) is 42.8 Å². The molecule has 3 fully saturated rings. The Kier molecular flexibility index (Phi) is 10.3. The topological polar surface area (TPSA) is 120 Å². The van der Waals surface area contributed by atoms with Gasteiger partial charge in [-0.2, -0.15) is 0 Å². The number of ether oxygens (including phenoxy) is 2. The molecule has 0 aliphatic carbocycles. The van der Waals surface area contributed by atoms with Crippen molar-refractivity contribution in [2.75, 3.05) is 36.5 Å². The number of carbonyl (C=O) groups is 3. The summed E-state index contributed by atoms with van der Waals surface area (Å²) >= 11 is 0. The first kappa shape index (κ1) is 34.6. The van der Waals surface area contributed by atoms with Crippen LogP contribution in [-0.2, 0) is 32.1 Å². The molecule has 1 unspecified atom stereocenters. The Morgan fingerprint density at radius 1 is 0.882 bits per heavy atom. The third kappa shape index (κ3) is 7.74. The van der Waals surface area contributed by atoms with Gasteiger partial charge in [-0.15, -0.1) is 0 Å². The van der Waals surface area contributed by atoms with Crippen molar-refractivity contribution in [2.24, 2.45) is 0 Å². The van der Waals surface area contributed by atoms with Crippen LogP contribution in [0, 0.1) is 0 Å². The Morgan fingerprint density at radius 3 is 2.29 bits per heavy atom. The van der Waals surface area contributed by atoms with E-state index in [9.17, 15) is 19.5 Å². The van der Waals surface area contributed by atoms with Crippen molar-refractivity contribution >= 4 is 29.0 Å². The van der Waals surface area contributed by atoms with E-state index in [0.29, 0.717) is 30.9 Å². The molecule has 3 N–H and O–H groups in total. The molecule has 3 atom stereocenters. The van der Waals surface area contributed by atoms with Crippen LogP contribution >= 0.6 is 0 Å². The van der Waals surface area contributed by atoms with Crippen molar-refractivity contribution in [1.29, 1.82) is 0 Å². The molecule has 3 saturated heterocycles. The zero-order chi connectivity index (χ0) is 35.4. The van der Waals surface area contributed by atoms with Gasteiger partial charge in [-0.3, -0.25) is 14.4 Å². The van der Waals surface area contributed by atoms with Crippen LogP contribution in [-0.4, -0.2) is 65.5 Å². The summed E-state index contributed by atoms with van der Waals surface area (Å²) in [6.45, 7) is 4.24. The molecule has 1 spiro atoms. The fourth-order valence-corrected chi connectivity index (χ4v) is 7.46. The number of para-hydroxylation sites is 1. The first-order valence-electron chi connectivity index (χ1n) is 17.6. The standard InChI is InChI=1S/C41H44N4O6/c1-28(47)33-6-5-7-34(23-33)43-38(48)22-29-10-16-32(17-11-29)39-50-36(24-37(51-39)31-14-12-30(26-46)13-15-31)25-44-20-18-41(19-21-44)40(49)42-27-45(41)35-8-3-2-4-9-35/h2-17,23,36-37,39,46H,18-22,24-27H2,1H3,(H,42,49)(H,43,48)/t36-,37+,39?/m0/s1. The van der Waals surface area contributed by atoms with E-state index in [0.717, 1.165) is 53.9 Å². The highest BCUT2D eigenvalue weighted by atomic mass is 16.7. The summed E-state index contributed by atoms with van der Waals surface area (Å²) < 4.78 is 13.2. The number of aliphatic hydroxyl groups excluding tert-OH is 1. The van der Waals surface area contributed by atoms with Gasteiger partial charge in [0.1, 0.15) is 5.54 Å². The average Bonchev–Trinajstić information content (AvgIpc) is 3.47. The van der Waals surface area contributed by atoms with E-state index in [2.05, 4.69) is 32.6 Å². The zero-order valence-corrected chi connectivity index (χ0v) is 28.8. The van der Waals surface area contributed by atoms with Crippen LogP contribution < -0.4 is 15.5 Å². The van der Waals surface area contributed by atoms with Gasteiger partial charge in [0, 0.05) is 48.6 Å². The monoisotopic (exact) mass is 688 g/mol. The smallest absolute Gasteiger partial charge is 0.247 e. The Hall–Kier alpha value is -4.87. The van der Waals surface area contributed by atoms with Gasteiger partial charge in [0.25, 0.3) is 0 Å². The SMILES string of the molecule is CC(=O)c1cccc(NC(=O)Cc2ccc(C3O[C@H](CN4CCC5(CC4)C(=O)NCN5c4ccccc4)C[C@H](c4ccc(CO)cc4)O3)cc2)c1. The van der Waals surface area contributed by atoms with Crippen LogP contribution in [0.25, 0.3) is 0 Å². The molecule has 2 amide bonds. The minimum atomic E-state index is -0.617. The number of piperidine rings is 1. The van der Waals surface area contributed by atoms with Gasteiger partial charge in [-0.05, 0) is 60.7 Å². The number of Topliss-reactive ketones (excluding diaryl/α,β-unsaturated/α-hetero) is 1. The second kappa shape index (κ2) is 15.2. The number of likely N-dealkylation sites (tertiary alicyclic amines) is 1. The molecular weight excluding hydrogens is 644 g/mol. The predicted molar refractivity (Wildman–Crippen MR) is 194 cm³/mol. The zero-order valence-electron chi connectivity index (χ0n) is 28.8. The van der Waals surface area contributed by atoms with Crippen molar-refractivity contribution in [3.8, 4) is 0 Å². The molecule has 0 saturated carbocycles. The van der Waals surface area contributed by atoms with Crippen LogP contribution in [0.5, 0.6) is 0 Å². The van der Waals surface area contributed by atoms with Crippen LogP contribution in [0.2, 0.25) is 0 Å². The summed E-state index contributed by atoms with van der Waals surface area (Å²) in [5.74, 6) is -0.133. The molecule has 3 heterocycles. The highest BCUT2D eigenvalue weighted by molar-refractivity contribution is 5.97. The number of amides is 2. The maximum atomic E-state index is 13.2. The van der Waals surface area contributed by atoms with Gasteiger partial charge in [-0.1, -0.05) is 78.9 Å². The minimum absolute atomic E-state index is 0.0223. The number of rotatable bonds is 10. The van der Waals surface area contributed by atoms with Gasteiger partial charge in [0.05, 0.1) is 31.9 Å². The van der Waals surface area contributed by atoms with E-state index in [1.54, 1.807) is 24.3 Å². The number of ketones is 1. The molecule has 0 bridgehead atoms. The van der Waals surface area contributed by atoms with Gasteiger partial charge >= 0.3 is 0 Å². The summed E-state index contributed by atoms with van der Waals surface area (Å²) in [6.07, 6.45) is 1.33. The molecule has 10 nitrogen and oxygen atoms in total. The lowest BCUT2D eigenvalue weighted by molar-refractivity contribution is -0.253.